The van der Waals surface area contributed by atoms with E-state index in [0.29, 0.717) is 11.5 Å². The second kappa shape index (κ2) is 4.62. The molecule has 1 aromatic carbocycles. The zero-order valence-electron chi connectivity index (χ0n) is 10.0. The van der Waals surface area contributed by atoms with E-state index >= 15 is 0 Å². The molecule has 0 unspecified atom stereocenters. The van der Waals surface area contributed by atoms with Gasteiger partial charge in [0.15, 0.2) is 0 Å². The molecular formula is C14H19BrN2. The number of rotatable bonds is 2. The van der Waals surface area contributed by atoms with E-state index in [9.17, 15) is 0 Å². The molecule has 2 nitrogen and oxygen atoms in total. The fourth-order valence-electron chi connectivity index (χ4n) is 3.25. The molecule has 0 bridgehead atoms. The molecule has 3 heteroatoms. The Morgan fingerprint density at radius 3 is 2.59 bits per heavy atom. The van der Waals surface area contributed by atoms with Gasteiger partial charge in [0.2, 0.25) is 0 Å². The van der Waals surface area contributed by atoms with Crippen LogP contribution in [0.15, 0.2) is 28.7 Å². The van der Waals surface area contributed by atoms with Gasteiger partial charge in [-0.1, -0.05) is 12.1 Å². The van der Waals surface area contributed by atoms with Crippen LogP contribution in [-0.2, 0) is 0 Å². The molecule has 1 spiro atoms. The monoisotopic (exact) mass is 294 g/mol. The van der Waals surface area contributed by atoms with Crippen molar-refractivity contribution >= 4 is 21.6 Å². The van der Waals surface area contributed by atoms with Crippen molar-refractivity contribution in [3.05, 3.63) is 28.7 Å². The molecule has 1 aliphatic heterocycles. The van der Waals surface area contributed by atoms with Gasteiger partial charge in [0.25, 0.3) is 0 Å². The minimum Gasteiger partial charge on any atom is -0.381 e. The third-order valence-corrected chi connectivity index (χ3v) is 4.95. The number of hydrogen-bond donors (Lipinski definition) is 2. The molecule has 1 saturated heterocycles. The molecule has 2 fully saturated rings. The average Bonchev–Trinajstić information content (AvgIpc) is 2.31. The Morgan fingerprint density at radius 1 is 1.18 bits per heavy atom. The van der Waals surface area contributed by atoms with Gasteiger partial charge in [-0.2, -0.15) is 0 Å². The predicted molar refractivity (Wildman–Crippen MR) is 75.3 cm³/mol. The van der Waals surface area contributed by atoms with E-state index in [2.05, 4.69) is 50.8 Å². The molecule has 0 amide bonds. The van der Waals surface area contributed by atoms with Crippen molar-refractivity contribution in [3.8, 4) is 0 Å². The van der Waals surface area contributed by atoms with E-state index in [4.69, 9.17) is 0 Å². The summed E-state index contributed by atoms with van der Waals surface area (Å²) in [5.74, 6) is 0. The zero-order valence-corrected chi connectivity index (χ0v) is 11.6. The lowest BCUT2D eigenvalue weighted by molar-refractivity contribution is 0.0718. The standard InChI is InChI=1S/C14H19BrN2/c15-12-3-1-2-4-13(12)17-11-9-14(10-11)5-7-16-8-6-14/h1-4,11,16-17H,5-10H2. The van der Waals surface area contributed by atoms with Crippen LogP contribution in [0.3, 0.4) is 0 Å². The molecule has 1 saturated carbocycles. The van der Waals surface area contributed by atoms with Crippen molar-refractivity contribution in [3.63, 3.8) is 0 Å². The van der Waals surface area contributed by atoms with Crippen molar-refractivity contribution in [2.45, 2.75) is 31.7 Å². The second-order valence-corrected chi connectivity index (χ2v) is 6.33. The van der Waals surface area contributed by atoms with E-state index in [1.165, 1.54) is 48.9 Å². The first-order valence-corrected chi connectivity index (χ1v) is 7.29. The van der Waals surface area contributed by atoms with Gasteiger partial charge in [-0.25, -0.2) is 0 Å². The Balaban J connectivity index is 1.58. The molecule has 17 heavy (non-hydrogen) atoms. The Labute approximate surface area is 111 Å². The van der Waals surface area contributed by atoms with Crippen LogP contribution in [0, 0.1) is 5.41 Å². The predicted octanol–water partition coefficient (Wildman–Crippen LogP) is 3.39. The van der Waals surface area contributed by atoms with E-state index in [0.717, 1.165) is 0 Å². The van der Waals surface area contributed by atoms with Gasteiger partial charge < -0.3 is 10.6 Å². The highest BCUT2D eigenvalue weighted by molar-refractivity contribution is 9.10. The fraction of sp³-hybridized carbons (Fsp3) is 0.571. The van der Waals surface area contributed by atoms with Crippen LogP contribution in [0.25, 0.3) is 0 Å². The van der Waals surface area contributed by atoms with E-state index < -0.39 is 0 Å². The van der Waals surface area contributed by atoms with Crippen LogP contribution in [0.1, 0.15) is 25.7 Å². The highest BCUT2D eigenvalue weighted by Gasteiger charge is 2.44. The molecule has 0 atom stereocenters. The molecule has 1 aliphatic carbocycles. The Bertz CT molecular complexity index is 391. The Hall–Kier alpha value is -0.540. The van der Waals surface area contributed by atoms with Crippen LogP contribution < -0.4 is 10.6 Å². The lowest BCUT2D eigenvalue weighted by atomic mass is 9.60. The number of para-hydroxylation sites is 1. The van der Waals surface area contributed by atoms with Gasteiger partial charge in [-0.05, 0) is 72.3 Å². The normalized spacial score (nSPS) is 23.4. The van der Waals surface area contributed by atoms with E-state index in [1.807, 2.05) is 0 Å². The summed E-state index contributed by atoms with van der Waals surface area (Å²) in [6.45, 7) is 2.42. The van der Waals surface area contributed by atoms with Crippen LogP contribution in [0.4, 0.5) is 5.69 Å². The molecular weight excluding hydrogens is 276 g/mol. The smallest absolute Gasteiger partial charge is 0.0486 e. The minimum atomic E-state index is 0.657. The van der Waals surface area contributed by atoms with Gasteiger partial charge in [0.05, 0.1) is 0 Å². The zero-order chi connectivity index (χ0) is 11.7. The van der Waals surface area contributed by atoms with Crippen molar-refractivity contribution in [1.29, 1.82) is 0 Å². The second-order valence-electron chi connectivity index (χ2n) is 5.48. The van der Waals surface area contributed by atoms with Gasteiger partial charge in [0, 0.05) is 16.2 Å². The van der Waals surface area contributed by atoms with Gasteiger partial charge in [-0.15, -0.1) is 0 Å². The average molecular weight is 295 g/mol. The molecule has 0 aromatic heterocycles. The van der Waals surface area contributed by atoms with Crippen molar-refractivity contribution in [2.24, 2.45) is 5.41 Å². The van der Waals surface area contributed by atoms with Crippen LogP contribution in [0.2, 0.25) is 0 Å². The number of benzene rings is 1. The molecule has 1 aromatic rings. The lowest BCUT2D eigenvalue weighted by Gasteiger charge is -2.51. The molecule has 92 valence electrons. The summed E-state index contributed by atoms with van der Waals surface area (Å²) in [5, 5.41) is 7.10. The number of halogens is 1. The summed E-state index contributed by atoms with van der Waals surface area (Å²) in [6, 6.07) is 9.07. The SMILES string of the molecule is Brc1ccccc1NC1CC2(CCNCC2)C1. The summed E-state index contributed by atoms with van der Waals surface area (Å²) in [6.07, 6.45) is 5.41. The minimum absolute atomic E-state index is 0.657. The van der Waals surface area contributed by atoms with Gasteiger partial charge >= 0.3 is 0 Å². The van der Waals surface area contributed by atoms with Crippen LogP contribution >= 0.6 is 15.9 Å². The topological polar surface area (TPSA) is 24.1 Å². The first-order valence-electron chi connectivity index (χ1n) is 6.49. The highest BCUT2D eigenvalue weighted by Crippen LogP contribution is 2.49. The van der Waals surface area contributed by atoms with Gasteiger partial charge in [0.1, 0.15) is 0 Å². The quantitative estimate of drug-likeness (QED) is 0.874. The van der Waals surface area contributed by atoms with Crippen LogP contribution in [0.5, 0.6) is 0 Å². The summed E-state index contributed by atoms with van der Waals surface area (Å²) >= 11 is 3.59. The Kier molecular flexibility index (Phi) is 3.14. The maximum Gasteiger partial charge on any atom is 0.0486 e. The van der Waals surface area contributed by atoms with Crippen molar-refractivity contribution in [1.82, 2.24) is 5.32 Å². The number of hydrogen-bond acceptors (Lipinski definition) is 2. The van der Waals surface area contributed by atoms with E-state index in [-0.39, 0.29) is 0 Å². The number of anilines is 1. The molecule has 2 N–H and O–H groups in total. The third-order valence-electron chi connectivity index (χ3n) is 4.26. The van der Waals surface area contributed by atoms with Crippen molar-refractivity contribution < 1.29 is 0 Å². The summed E-state index contributed by atoms with van der Waals surface area (Å²) in [7, 11) is 0. The lowest BCUT2D eigenvalue weighted by Crippen LogP contribution is -2.50. The van der Waals surface area contributed by atoms with Crippen LogP contribution in [-0.4, -0.2) is 19.1 Å². The van der Waals surface area contributed by atoms with Gasteiger partial charge in [-0.3, -0.25) is 0 Å². The molecule has 1 heterocycles. The maximum atomic E-state index is 3.65. The van der Waals surface area contributed by atoms with E-state index in [1.54, 1.807) is 0 Å². The molecule has 2 aliphatic rings. The Morgan fingerprint density at radius 2 is 1.88 bits per heavy atom. The highest BCUT2D eigenvalue weighted by atomic mass is 79.9. The van der Waals surface area contributed by atoms with Crippen molar-refractivity contribution in [2.75, 3.05) is 18.4 Å². The third kappa shape index (κ3) is 2.36. The number of piperidine rings is 1. The first kappa shape index (κ1) is 11.5. The molecule has 3 rings (SSSR count). The number of nitrogens with one attached hydrogen (secondary N) is 2. The summed E-state index contributed by atoms with van der Waals surface area (Å²) < 4.78 is 1.17. The molecule has 0 radical (unpaired) electrons. The summed E-state index contributed by atoms with van der Waals surface area (Å²) in [5.41, 5.74) is 1.89. The first-order chi connectivity index (χ1) is 8.27. The summed E-state index contributed by atoms with van der Waals surface area (Å²) in [4.78, 5) is 0. The fourth-order valence-corrected chi connectivity index (χ4v) is 3.65. The largest absolute Gasteiger partial charge is 0.381 e. The maximum absolute atomic E-state index is 3.65.